The molecule has 2 amide bonds. The van der Waals surface area contributed by atoms with Crippen LogP contribution >= 0.6 is 24.0 Å². The number of anilines is 1. The Hall–Kier alpha value is -2.19. The predicted molar refractivity (Wildman–Crippen MR) is 123 cm³/mol. The first-order chi connectivity index (χ1) is 14.5. The molecule has 0 spiro atoms. The van der Waals surface area contributed by atoms with Gasteiger partial charge in [-0.1, -0.05) is 74.8 Å². The second kappa shape index (κ2) is 10.2. The van der Waals surface area contributed by atoms with E-state index in [1.165, 1.54) is 24.9 Å². The SMILES string of the molecule is CCCCCCCN1C(=O)/C(=C2\SC(=S)N(CCC(=O)OC)C2=O)c2ccccc21. The summed E-state index contributed by atoms with van der Waals surface area (Å²) in [6.07, 6.45) is 5.58. The highest BCUT2D eigenvalue weighted by atomic mass is 32.2. The maximum Gasteiger partial charge on any atom is 0.307 e. The van der Waals surface area contributed by atoms with Gasteiger partial charge in [-0.3, -0.25) is 19.3 Å². The summed E-state index contributed by atoms with van der Waals surface area (Å²) >= 11 is 6.48. The number of amides is 2. The van der Waals surface area contributed by atoms with Crippen molar-refractivity contribution in [2.24, 2.45) is 0 Å². The minimum atomic E-state index is -0.409. The molecule has 2 aliphatic rings. The van der Waals surface area contributed by atoms with Crippen molar-refractivity contribution in [1.82, 2.24) is 4.90 Å². The van der Waals surface area contributed by atoms with Gasteiger partial charge in [0.05, 0.1) is 29.7 Å². The Balaban J connectivity index is 1.83. The van der Waals surface area contributed by atoms with Crippen LogP contribution in [-0.4, -0.2) is 47.2 Å². The summed E-state index contributed by atoms with van der Waals surface area (Å²) in [5, 5.41) is 0. The molecule has 8 heteroatoms. The average Bonchev–Trinajstić information content (AvgIpc) is 3.18. The third-order valence-electron chi connectivity index (χ3n) is 5.25. The Kier molecular flexibility index (Phi) is 7.66. The maximum atomic E-state index is 13.3. The standard InChI is InChI=1S/C22H26N2O4S2/c1-3-4-5-6-9-13-23-16-11-8-7-10-15(16)18(20(23)26)19-21(27)24(22(29)30-19)14-12-17(25)28-2/h7-8,10-11H,3-6,9,12-14H2,1-2H3/b19-18-. The van der Waals surface area contributed by atoms with Crippen molar-refractivity contribution >= 4 is 57.3 Å². The fourth-order valence-electron chi connectivity index (χ4n) is 3.64. The number of hydrogen-bond donors (Lipinski definition) is 0. The summed E-state index contributed by atoms with van der Waals surface area (Å²) < 4.78 is 5.00. The lowest BCUT2D eigenvalue weighted by Gasteiger charge is -2.17. The number of thiocarbonyl (C=S) groups is 1. The highest BCUT2D eigenvalue weighted by molar-refractivity contribution is 8.26. The molecule has 0 bridgehead atoms. The van der Waals surface area contributed by atoms with E-state index in [0.717, 1.165) is 42.3 Å². The third-order valence-corrected chi connectivity index (χ3v) is 6.70. The highest BCUT2D eigenvalue weighted by Gasteiger charge is 2.41. The van der Waals surface area contributed by atoms with Crippen molar-refractivity contribution in [3.63, 3.8) is 0 Å². The fraction of sp³-hybridized carbons (Fsp3) is 0.455. The van der Waals surface area contributed by atoms with E-state index >= 15 is 0 Å². The summed E-state index contributed by atoms with van der Waals surface area (Å²) in [6.45, 7) is 2.95. The second-order valence-electron chi connectivity index (χ2n) is 7.24. The molecule has 0 N–H and O–H groups in total. The molecule has 1 fully saturated rings. The largest absolute Gasteiger partial charge is 0.469 e. The number of nitrogens with zero attached hydrogens (tertiary/aromatic N) is 2. The number of carbonyl (C=O) groups excluding carboxylic acids is 3. The number of hydrogen-bond acceptors (Lipinski definition) is 6. The second-order valence-corrected chi connectivity index (χ2v) is 8.89. The van der Waals surface area contributed by atoms with Gasteiger partial charge in [0, 0.05) is 18.7 Å². The maximum absolute atomic E-state index is 13.3. The molecule has 0 saturated carbocycles. The van der Waals surface area contributed by atoms with E-state index < -0.39 is 5.97 Å². The zero-order valence-electron chi connectivity index (χ0n) is 17.3. The summed E-state index contributed by atoms with van der Waals surface area (Å²) in [4.78, 5) is 41.3. The lowest BCUT2D eigenvalue weighted by Crippen LogP contribution is -2.31. The van der Waals surface area contributed by atoms with Crippen LogP contribution in [0.3, 0.4) is 0 Å². The van der Waals surface area contributed by atoms with Crippen LogP contribution in [0.4, 0.5) is 5.69 Å². The van der Waals surface area contributed by atoms with E-state index in [2.05, 4.69) is 11.7 Å². The van der Waals surface area contributed by atoms with Crippen molar-refractivity contribution in [3.8, 4) is 0 Å². The highest BCUT2D eigenvalue weighted by Crippen LogP contribution is 2.44. The fourth-order valence-corrected chi connectivity index (χ4v) is 5.02. The summed E-state index contributed by atoms with van der Waals surface area (Å²) in [7, 11) is 1.31. The lowest BCUT2D eigenvalue weighted by atomic mass is 10.1. The molecule has 0 aromatic heterocycles. The zero-order valence-corrected chi connectivity index (χ0v) is 18.9. The van der Waals surface area contributed by atoms with Crippen molar-refractivity contribution < 1.29 is 19.1 Å². The topological polar surface area (TPSA) is 66.9 Å². The van der Waals surface area contributed by atoms with Gasteiger partial charge in [-0.05, 0) is 12.5 Å². The van der Waals surface area contributed by atoms with Crippen LogP contribution in [0.1, 0.15) is 51.0 Å². The van der Waals surface area contributed by atoms with Crippen LogP contribution in [0, 0.1) is 0 Å². The number of thioether (sulfide) groups is 1. The van der Waals surface area contributed by atoms with Crippen LogP contribution in [-0.2, 0) is 19.1 Å². The number of carbonyl (C=O) groups is 3. The van der Waals surface area contributed by atoms with Crippen LogP contribution in [0.15, 0.2) is 29.2 Å². The molecule has 3 rings (SSSR count). The van der Waals surface area contributed by atoms with Crippen molar-refractivity contribution in [2.45, 2.75) is 45.4 Å². The van der Waals surface area contributed by atoms with Gasteiger partial charge in [-0.25, -0.2) is 0 Å². The van der Waals surface area contributed by atoms with E-state index in [9.17, 15) is 14.4 Å². The monoisotopic (exact) mass is 446 g/mol. The molecular formula is C22H26N2O4S2. The summed E-state index contributed by atoms with van der Waals surface area (Å²) in [5.74, 6) is -0.884. The molecule has 2 aliphatic heterocycles. The number of ether oxygens (including phenoxy) is 1. The average molecular weight is 447 g/mol. The third kappa shape index (κ3) is 4.59. The van der Waals surface area contributed by atoms with E-state index in [1.807, 2.05) is 24.3 Å². The first-order valence-electron chi connectivity index (χ1n) is 10.3. The van der Waals surface area contributed by atoms with Crippen molar-refractivity contribution in [3.05, 3.63) is 34.7 Å². The quantitative estimate of drug-likeness (QED) is 0.246. The molecule has 0 radical (unpaired) electrons. The smallest absolute Gasteiger partial charge is 0.307 e. The first-order valence-corrected chi connectivity index (χ1v) is 11.5. The van der Waals surface area contributed by atoms with Crippen LogP contribution in [0.2, 0.25) is 0 Å². The summed E-state index contributed by atoms with van der Waals surface area (Å²) in [5.41, 5.74) is 2.02. The summed E-state index contributed by atoms with van der Waals surface area (Å²) in [6, 6.07) is 7.57. The zero-order chi connectivity index (χ0) is 21.7. The molecule has 1 aromatic rings. The van der Waals surface area contributed by atoms with E-state index in [4.69, 9.17) is 12.2 Å². The minimum absolute atomic E-state index is 0.0555. The molecule has 6 nitrogen and oxygen atoms in total. The van der Waals surface area contributed by atoms with Crippen LogP contribution in [0.25, 0.3) is 5.57 Å². The van der Waals surface area contributed by atoms with Gasteiger partial charge in [0.1, 0.15) is 4.32 Å². The Morgan fingerprint density at radius 1 is 1.03 bits per heavy atom. The normalized spacial score (nSPS) is 18.4. The van der Waals surface area contributed by atoms with Gasteiger partial charge in [0.2, 0.25) is 0 Å². The van der Waals surface area contributed by atoms with Gasteiger partial charge < -0.3 is 9.64 Å². The van der Waals surface area contributed by atoms with Gasteiger partial charge in [0.25, 0.3) is 11.8 Å². The van der Waals surface area contributed by atoms with Crippen molar-refractivity contribution in [2.75, 3.05) is 25.1 Å². The molecule has 30 heavy (non-hydrogen) atoms. The van der Waals surface area contributed by atoms with Gasteiger partial charge in [-0.15, -0.1) is 0 Å². The van der Waals surface area contributed by atoms with Gasteiger partial charge >= 0.3 is 5.97 Å². The molecule has 1 saturated heterocycles. The number of unbranched alkanes of at least 4 members (excludes halogenated alkanes) is 4. The molecule has 1 aromatic carbocycles. The van der Waals surface area contributed by atoms with Gasteiger partial charge in [0.15, 0.2) is 0 Å². The number of fused-ring (bicyclic) bond motifs is 1. The molecule has 0 unspecified atom stereocenters. The first kappa shape index (κ1) is 22.5. The Labute approximate surface area is 186 Å². The lowest BCUT2D eigenvalue weighted by molar-refractivity contribution is -0.141. The van der Waals surface area contributed by atoms with Crippen LogP contribution in [0.5, 0.6) is 0 Å². The molecule has 2 heterocycles. The minimum Gasteiger partial charge on any atom is -0.469 e. The Morgan fingerprint density at radius 3 is 2.50 bits per heavy atom. The number of methoxy groups -OCH3 is 1. The molecule has 0 atom stereocenters. The molecule has 0 aliphatic carbocycles. The predicted octanol–water partition coefficient (Wildman–Crippen LogP) is 4.14. The molecular weight excluding hydrogens is 420 g/mol. The number of benzene rings is 1. The van der Waals surface area contributed by atoms with E-state index in [1.54, 1.807) is 4.90 Å². The Bertz CT molecular complexity index is 897. The molecule has 160 valence electrons. The van der Waals surface area contributed by atoms with E-state index in [0.29, 0.717) is 21.3 Å². The number of para-hydroxylation sites is 1. The Morgan fingerprint density at radius 2 is 1.77 bits per heavy atom. The van der Waals surface area contributed by atoms with Crippen molar-refractivity contribution in [1.29, 1.82) is 0 Å². The van der Waals surface area contributed by atoms with Gasteiger partial charge in [-0.2, -0.15) is 0 Å². The van der Waals surface area contributed by atoms with E-state index in [-0.39, 0.29) is 24.8 Å². The number of esters is 1. The number of rotatable bonds is 9. The van der Waals surface area contributed by atoms with Crippen LogP contribution < -0.4 is 4.90 Å².